The number of aliphatic imine (C=N–C) groups is 1. The number of nitrogens with one attached hydrogen (secondary N) is 1. The Morgan fingerprint density at radius 1 is 1.45 bits per heavy atom. The summed E-state index contributed by atoms with van der Waals surface area (Å²) in [4.78, 5) is 39.3. The van der Waals surface area contributed by atoms with Gasteiger partial charge in [0.05, 0.1) is 19.4 Å². The van der Waals surface area contributed by atoms with Crippen LogP contribution in [0.3, 0.4) is 0 Å². The van der Waals surface area contributed by atoms with Gasteiger partial charge in [-0.3, -0.25) is 14.6 Å². The minimum Gasteiger partial charge on any atom is -0.481 e. The number of thioether (sulfide) groups is 1. The summed E-state index contributed by atoms with van der Waals surface area (Å²) in [6.07, 6.45) is -0.638. The van der Waals surface area contributed by atoms with Crippen molar-refractivity contribution < 1.29 is 24.6 Å². The number of aliphatic carboxylic acids is 2. The van der Waals surface area contributed by atoms with E-state index in [9.17, 15) is 14.4 Å². The number of carboxylic acid groups (broad SMARTS) is 2. The molecule has 1 amide bonds. The zero-order valence-corrected chi connectivity index (χ0v) is 11.2. The molecule has 0 aromatic heterocycles. The molecule has 108 valence electrons. The van der Waals surface area contributed by atoms with Crippen LogP contribution in [0.2, 0.25) is 0 Å². The average molecular weight is 299 g/mol. The van der Waals surface area contributed by atoms with Crippen molar-refractivity contribution in [3.63, 3.8) is 0 Å². The molecule has 0 aromatic carbocycles. The summed E-state index contributed by atoms with van der Waals surface area (Å²) in [5.74, 6) is -3.15. The van der Waals surface area contributed by atoms with Gasteiger partial charge in [-0.15, -0.1) is 0 Å². The van der Waals surface area contributed by atoms with Crippen molar-refractivity contribution in [1.82, 2.24) is 10.2 Å². The number of fused-ring (bicyclic) bond motifs is 1. The third kappa shape index (κ3) is 3.29. The highest BCUT2D eigenvalue weighted by molar-refractivity contribution is 8.16. The van der Waals surface area contributed by atoms with Gasteiger partial charge < -0.3 is 20.4 Å². The Balaban J connectivity index is 1.90. The van der Waals surface area contributed by atoms with Crippen molar-refractivity contribution in [2.45, 2.75) is 18.9 Å². The fraction of sp³-hybridized carbons (Fsp3) is 0.455. The second-order valence-electron chi connectivity index (χ2n) is 4.28. The Labute approximate surface area is 118 Å². The van der Waals surface area contributed by atoms with Gasteiger partial charge in [0, 0.05) is 12.2 Å². The average Bonchev–Trinajstić information content (AvgIpc) is 2.92. The van der Waals surface area contributed by atoms with Crippen LogP contribution in [0.1, 0.15) is 12.8 Å². The fourth-order valence-electron chi connectivity index (χ4n) is 1.90. The van der Waals surface area contributed by atoms with Crippen LogP contribution in [0.5, 0.6) is 0 Å². The van der Waals surface area contributed by atoms with Gasteiger partial charge in [-0.1, -0.05) is 11.8 Å². The summed E-state index contributed by atoms with van der Waals surface area (Å²) >= 11 is 1.42. The summed E-state index contributed by atoms with van der Waals surface area (Å²) < 4.78 is 0. The quantitative estimate of drug-likeness (QED) is 0.615. The van der Waals surface area contributed by atoms with Gasteiger partial charge in [0.1, 0.15) is 6.04 Å². The molecule has 2 aliphatic heterocycles. The maximum atomic E-state index is 11.8. The number of hydrogen-bond acceptors (Lipinski definition) is 6. The lowest BCUT2D eigenvalue weighted by atomic mass is 10.2. The highest BCUT2D eigenvalue weighted by Crippen LogP contribution is 2.30. The van der Waals surface area contributed by atoms with Gasteiger partial charge in [-0.25, -0.2) is 4.79 Å². The highest BCUT2D eigenvalue weighted by atomic mass is 32.2. The molecule has 1 unspecified atom stereocenters. The first kappa shape index (κ1) is 14.4. The number of carbonyl (C=O) groups is 3. The van der Waals surface area contributed by atoms with E-state index in [2.05, 4.69) is 10.3 Å². The van der Waals surface area contributed by atoms with Crippen molar-refractivity contribution in [2.24, 2.45) is 4.99 Å². The molecule has 0 fully saturated rings. The first-order chi connectivity index (χ1) is 9.47. The Morgan fingerprint density at radius 2 is 2.20 bits per heavy atom. The van der Waals surface area contributed by atoms with Gasteiger partial charge in [0.25, 0.3) is 0 Å². The molecule has 0 saturated carbocycles. The third-order valence-electron chi connectivity index (χ3n) is 2.80. The molecule has 0 radical (unpaired) electrons. The zero-order valence-electron chi connectivity index (χ0n) is 10.4. The Bertz CT molecular complexity index is 516. The topological polar surface area (TPSA) is 119 Å². The van der Waals surface area contributed by atoms with Crippen LogP contribution < -0.4 is 5.32 Å². The van der Waals surface area contributed by atoms with E-state index in [-0.39, 0.29) is 6.42 Å². The maximum Gasteiger partial charge on any atom is 0.326 e. The molecule has 1 atom stereocenters. The molecule has 2 rings (SSSR count). The number of carbonyl (C=O) groups excluding carboxylic acids is 1. The molecular formula is C11H13N3O5S. The van der Waals surface area contributed by atoms with Crippen molar-refractivity contribution in [3.05, 3.63) is 11.1 Å². The molecule has 9 heteroatoms. The van der Waals surface area contributed by atoms with Crippen molar-refractivity contribution in [3.8, 4) is 0 Å². The van der Waals surface area contributed by atoms with Gasteiger partial charge in [-0.05, 0) is 5.41 Å². The molecule has 20 heavy (non-hydrogen) atoms. The Hall–Kier alpha value is -2.03. The zero-order chi connectivity index (χ0) is 14.7. The van der Waals surface area contributed by atoms with Crippen LogP contribution in [-0.4, -0.2) is 57.3 Å². The van der Waals surface area contributed by atoms with Crippen LogP contribution in [0, 0.1) is 0 Å². The summed E-state index contributed by atoms with van der Waals surface area (Å²) in [5, 5.41) is 22.3. The predicted molar refractivity (Wildman–Crippen MR) is 71.1 cm³/mol. The maximum absolute atomic E-state index is 11.8. The molecule has 0 aliphatic carbocycles. The molecule has 3 N–H and O–H groups in total. The van der Waals surface area contributed by atoms with Crippen molar-refractivity contribution >= 4 is 34.8 Å². The number of carboxylic acids is 2. The van der Waals surface area contributed by atoms with E-state index in [0.717, 1.165) is 10.9 Å². The molecule has 2 aliphatic rings. The van der Waals surface area contributed by atoms with Crippen LogP contribution >= 0.6 is 11.8 Å². The van der Waals surface area contributed by atoms with Crippen LogP contribution in [0.15, 0.2) is 16.1 Å². The van der Waals surface area contributed by atoms with Gasteiger partial charge >= 0.3 is 11.9 Å². The van der Waals surface area contributed by atoms with Gasteiger partial charge in [0.15, 0.2) is 5.17 Å². The number of nitrogens with zero attached hydrogens (tertiary/aromatic N) is 2. The van der Waals surface area contributed by atoms with E-state index < -0.39 is 30.3 Å². The highest BCUT2D eigenvalue weighted by Gasteiger charge is 2.29. The predicted octanol–water partition coefficient (Wildman–Crippen LogP) is -0.320. The lowest BCUT2D eigenvalue weighted by molar-refractivity contribution is -0.147. The van der Waals surface area contributed by atoms with E-state index in [0.29, 0.717) is 13.1 Å². The SMILES string of the molecule is O=C(O)CC(NC(=O)CC1=CSC2=NCCN12)C(=O)O. The summed E-state index contributed by atoms with van der Waals surface area (Å²) in [6.45, 7) is 1.39. The van der Waals surface area contributed by atoms with Crippen LogP contribution in [-0.2, 0) is 14.4 Å². The Morgan fingerprint density at radius 3 is 2.85 bits per heavy atom. The van der Waals surface area contributed by atoms with E-state index in [1.807, 2.05) is 4.90 Å². The first-order valence-electron chi connectivity index (χ1n) is 5.89. The number of hydrogen-bond donors (Lipinski definition) is 3. The van der Waals surface area contributed by atoms with Crippen LogP contribution in [0.25, 0.3) is 0 Å². The Kier molecular flexibility index (Phi) is 4.28. The van der Waals surface area contributed by atoms with Gasteiger partial charge in [0.2, 0.25) is 5.91 Å². The fourth-order valence-corrected chi connectivity index (χ4v) is 2.85. The minimum atomic E-state index is -1.42. The monoisotopic (exact) mass is 299 g/mol. The largest absolute Gasteiger partial charge is 0.481 e. The smallest absolute Gasteiger partial charge is 0.326 e. The van der Waals surface area contributed by atoms with Crippen molar-refractivity contribution in [2.75, 3.05) is 13.1 Å². The normalized spacial score (nSPS) is 18.1. The molecule has 0 spiro atoms. The molecule has 0 aromatic rings. The first-order valence-corrected chi connectivity index (χ1v) is 6.77. The number of rotatable bonds is 6. The molecular weight excluding hydrogens is 286 g/mol. The molecule has 2 heterocycles. The standard InChI is InChI=1S/C11H13N3O5S/c15-8(13-7(10(18)19)4-9(16)17)3-6-5-20-11-12-1-2-14(6)11/h5,7H,1-4H2,(H,13,15)(H,16,17)(H,18,19). The molecule has 0 saturated heterocycles. The summed E-state index contributed by atoms with van der Waals surface area (Å²) in [7, 11) is 0. The molecule has 0 bridgehead atoms. The second-order valence-corrected chi connectivity index (χ2v) is 5.11. The minimum absolute atomic E-state index is 0.00934. The number of amidine groups is 1. The summed E-state index contributed by atoms with van der Waals surface area (Å²) in [5.41, 5.74) is 0.753. The third-order valence-corrected chi connectivity index (χ3v) is 3.75. The summed E-state index contributed by atoms with van der Waals surface area (Å²) in [6, 6.07) is -1.42. The lowest BCUT2D eigenvalue weighted by Crippen LogP contribution is -2.42. The second kappa shape index (κ2) is 5.95. The number of amides is 1. The van der Waals surface area contributed by atoms with E-state index in [4.69, 9.17) is 10.2 Å². The van der Waals surface area contributed by atoms with Crippen LogP contribution in [0.4, 0.5) is 0 Å². The van der Waals surface area contributed by atoms with E-state index in [1.165, 1.54) is 11.8 Å². The lowest BCUT2D eigenvalue weighted by Gasteiger charge is -2.17. The van der Waals surface area contributed by atoms with E-state index >= 15 is 0 Å². The molecule has 8 nitrogen and oxygen atoms in total. The van der Waals surface area contributed by atoms with Crippen molar-refractivity contribution in [1.29, 1.82) is 0 Å². The van der Waals surface area contributed by atoms with E-state index in [1.54, 1.807) is 5.41 Å². The van der Waals surface area contributed by atoms with Gasteiger partial charge in [-0.2, -0.15) is 0 Å².